The van der Waals surface area contributed by atoms with E-state index in [1.165, 1.54) is 5.39 Å². The van der Waals surface area contributed by atoms with Gasteiger partial charge in [0, 0.05) is 39.3 Å². The maximum absolute atomic E-state index is 11.3. The number of aromatic nitrogens is 4. The van der Waals surface area contributed by atoms with Crippen molar-refractivity contribution in [2.24, 2.45) is 0 Å². The number of phenols is 1. The van der Waals surface area contributed by atoms with Crippen molar-refractivity contribution in [1.29, 1.82) is 0 Å². The van der Waals surface area contributed by atoms with Crippen LogP contribution in [0.2, 0.25) is 0 Å². The minimum absolute atomic E-state index is 0.172. The van der Waals surface area contributed by atoms with Gasteiger partial charge in [-0.15, -0.1) is 0 Å². The standard InChI is InChI=1S/C54H36N4O/c59-52-30-15-12-25-45(52)54-56-53-43(26-16-29-50(53)58(54)48-27-13-10-23-42(48)37-19-6-2-7-20-37)39-31-38(36-17-4-1-5-18-36)32-40(33-39)47-34-51-46(35-55-47)44-24-11-14-28-49(44)57(51)41-21-8-3-9-22-41/h1-35,59H. The summed E-state index contributed by atoms with van der Waals surface area (Å²) in [6.45, 7) is 0. The first-order chi connectivity index (χ1) is 29.2. The van der Waals surface area contributed by atoms with E-state index in [2.05, 4.69) is 179 Å². The van der Waals surface area contributed by atoms with Crippen molar-refractivity contribution in [3.8, 4) is 73.2 Å². The Morgan fingerprint density at radius 1 is 0.390 bits per heavy atom. The van der Waals surface area contributed by atoms with E-state index in [-0.39, 0.29) is 5.75 Å². The Kier molecular flexibility index (Phi) is 8.23. The summed E-state index contributed by atoms with van der Waals surface area (Å²) in [5.41, 5.74) is 15.0. The zero-order valence-corrected chi connectivity index (χ0v) is 31.9. The first kappa shape index (κ1) is 34.2. The number of phenolic OH excluding ortho intramolecular Hbond substituents is 1. The average molecular weight is 757 g/mol. The van der Waals surface area contributed by atoms with E-state index in [4.69, 9.17) is 9.97 Å². The molecule has 5 nitrogen and oxygen atoms in total. The van der Waals surface area contributed by atoms with E-state index in [0.29, 0.717) is 11.4 Å². The molecule has 0 spiro atoms. The third-order valence-electron chi connectivity index (χ3n) is 11.3. The Balaban J connectivity index is 1.16. The number of hydrogen-bond acceptors (Lipinski definition) is 3. The molecule has 0 bridgehead atoms. The van der Waals surface area contributed by atoms with Crippen molar-refractivity contribution in [1.82, 2.24) is 19.1 Å². The number of benzene rings is 8. The summed E-state index contributed by atoms with van der Waals surface area (Å²) in [5.74, 6) is 0.833. The number of hydrogen-bond donors (Lipinski definition) is 1. The number of rotatable bonds is 7. The normalized spacial score (nSPS) is 11.5. The van der Waals surface area contributed by atoms with Crippen molar-refractivity contribution in [2.75, 3.05) is 0 Å². The van der Waals surface area contributed by atoms with Crippen LogP contribution in [0.25, 0.3) is 100 Å². The summed E-state index contributed by atoms with van der Waals surface area (Å²) in [5, 5.41) is 13.6. The third-order valence-corrected chi connectivity index (χ3v) is 11.3. The van der Waals surface area contributed by atoms with Crippen molar-refractivity contribution in [3.63, 3.8) is 0 Å². The van der Waals surface area contributed by atoms with Gasteiger partial charge in [0.05, 0.1) is 39.0 Å². The first-order valence-corrected chi connectivity index (χ1v) is 19.8. The fourth-order valence-corrected chi connectivity index (χ4v) is 8.55. The number of pyridine rings is 1. The van der Waals surface area contributed by atoms with Crippen LogP contribution < -0.4 is 0 Å². The Labute approximate surface area is 341 Å². The minimum atomic E-state index is 0.172. The molecule has 0 unspecified atom stereocenters. The molecular weight excluding hydrogens is 721 g/mol. The molecule has 5 heteroatoms. The van der Waals surface area contributed by atoms with Gasteiger partial charge in [-0.25, -0.2) is 4.98 Å². The molecule has 11 aromatic rings. The van der Waals surface area contributed by atoms with Gasteiger partial charge in [0.15, 0.2) is 0 Å². The van der Waals surface area contributed by atoms with E-state index in [9.17, 15) is 5.11 Å². The summed E-state index contributed by atoms with van der Waals surface area (Å²) in [4.78, 5) is 10.6. The summed E-state index contributed by atoms with van der Waals surface area (Å²) in [6.07, 6.45) is 2.02. The highest BCUT2D eigenvalue weighted by Crippen LogP contribution is 2.42. The maximum Gasteiger partial charge on any atom is 0.149 e. The van der Waals surface area contributed by atoms with Gasteiger partial charge >= 0.3 is 0 Å². The largest absolute Gasteiger partial charge is 0.507 e. The van der Waals surface area contributed by atoms with Crippen molar-refractivity contribution < 1.29 is 5.11 Å². The second-order valence-corrected chi connectivity index (χ2v) is 14.8. The van der Waals surface area contributed by atoms with Gasteiger partial charge < -0.3 is 9.67 Å². The fourth-order valence-electron chi connectivity index (χ4n) is 8.55. The van der Waals surface area contributed by atoms with Crippen molar-refractivity contribution in [3.05, 3.63) is 212 Å². The van der Waals surface area contributed by atoms with Crippen LogP contribution in [0, 0.1) is 0 Å². The van der Waals surface area contributed by atoms with Crippen LogP contribution >= 0.6 is 0 Å². The molecule has 0 saturated heterocycles. The second-order valence-electron chi connectivity index (χ2n) is 14.8. The number of fused-ring (bicyclic) bond motifs is 4. The molecule has 0 aliphatic heterocycles. The van der Waals surface area contributed by atoms with Gasteiger partial charge in [-0.1, -0.05) is 140 Å². The lowest BCUT2D eigenvalue weighted by Crippen LogP contribution is -2.00. The van der Waals surface area contributed by atoms with Crippen LogP contribution in [-0.4, -0.2) is 24.2 Å². The monoisotopic (exact) mass is 756 g/mol. The molecular formula is C54H36N4O. The second kappa shape index (κ2) is 14.2. The zero-order chi connectivity index (χ0) is 39.3. The van der Waals surface area contributed by atoms with E-state index < -0.39 is 0 Å². The van der Waals surface area contributed by atoms with Crippen LogP contribution in [0.3, 0.4) is 0 Å². The van der Waals surface area contributed by atoms with Crippen LogP contribution in [0.4, 0.5) is 0 Å². The lowest BCUT2D eigenvalue weighted by molar-refractivity contribution is 0.477. The smallest absolute Gasteiger partial charge is 0.149 e. The van der Waals surface area contributed by atoms with Gasteiger partial charge in [-0.2, -0.15) is 0 Å². The zero-order valence-electron chi connectivity index (χ0n) is 31.9. The van der Waals surface area contributed by atoms with Crippen LogP contribution in [-0.2, 0) is 0 Å². The SMILES string of the molecule is Oc1ccccc1-c1nc2c(-c3cc(-c4ccccc4)cc(-c4cc5c(cn4)c4ccccc4n5-c4ccccc4)c3)cccc2n1-c1ccccc1-c1ccccc1. The number of nitrogens with zero attached hydrogens (tertiary/aromatic N) is 4. The van der Waals surface area contributed by atoms with Gasteiger partial charge in [0.2, 0.25) is 0 Å². The molecule has 0 amide bonds. The Morgan fingerprint density at radius 3 is 1.80 bits per heavy atom. The van der Waals surface area contributed by atoms with Crippen LogP contribution in [0.15, 0.2) is 212 Å². The molecule has 1 N–H and O–H groups in total. The van der Waals surface area contributed by atoms with Gasteiger partial charge in [-0.3, -0.25) is 9.55 Å². The summed E-state index contributed by atoms with van der Waals surface area (Å²) < 4.78 is 4.52. The van der Waals surface area contributed by atoms with E-state index in [0.717, 1.165) is 83.5 Å². The Hall–Kier alpha value is -8.02. The summed E-state index contributed by atoms with van der Waals surface area (Å²) in [7, 11) is 0. The molecule has 0 radical (unpaired) electrons. The predicted octanol–water partition coefficient (Wildman–Crippen LogP) is 13.6. The minimum Gasteiger partial charge on any atom is -0.507 e. The number of para-hydroxylation sites is 5. The maximum atomic E-state index is 11.3. The summed E-state index contributed by atoms with van der Waals surface area (Å²) in [6, 6.07) is 71.2. The highest BCUT2D eigenvalue weighted by atomic mass is 16.3. The molecule has 3 aromatic heterocycles. The Bertz CT molecular complexity index is 3330. The summed E-state index contributed by atoms with van der Waals surface area (Å²) >= 11 is 0. The van der Waals surface area contributed by atoms with Gasteiger partial charge in [-0.05, 0) is 89.0 Å². The predicted molar refractivity (Wildman–Crippen MR) is 242 cm³/mol. The molecule has 0 aliphatic rings. The number of aromatic hydroxyl groups is 1. The topological polar surface area (TPSA) is 55.9 Å². The quantitative estimate of drug-likeness (QED) is 0.176. The van der Waals surface area contributed by atoms with E-state index >= 15 is 0 Å². The molecule has 59 heavy (non-hydrogen) atoms. The Morgan fingerprint density at radius 2 is 1.00 bits per heavy atom. The van der Waals surface area contributed by atoms with Crippen LogP contribution in [0.1, 0.15) is 0 Å². The molecule has 11 rings (SSSR count). The van der Waals surface area contributed by atoms with E-state index in [1.54, 1.807) is 6.07 Å². The molecule has 0 aliphatic carbocycles. The fraction of sp³-hybridized carbons (Fsp3) is 0. The molecule has 8 aromatic carbocycles. The van der Waals surface area contributed by atoms with E-state index in [1.807, 2.05) is 36.5 Å². The molecule has 278 valence electrons. The van der Waals surface area contributed by atoms with Crippen LogP contribution in [0.5, 0.6) is 5.75 Å². The average Bonchev–Trinajstić information content (AvgIpc) is 3.86. The third kappa shape index (κ3) is 5.87. The molecule has 0 atom stereocenters. The highest BCUT2D eigenvalue weighted by molar-refractivity contribution is 6.09. The number of imidazole rings is 1. The molecule has 0 saturated carbocycles. The van der Waals surface area contributed by atoms with Gasteiger partial charge in [0.25, 0.3) is 0 Å². The van der Waals surface area contributed by atoms with Crippen molar-refractivity contribution >= 4 is 32.8 Å². The lowest BCUT2D eigenvalue weighted by Gasteiger charge is -2.15. The highest BCUT2D eigenvalue weighted by Gasteiger charge is 2.22. The van der Waals surface area contributed by atoms with Crippen molar-refractivity contribution in [2.45, 2.75) is 0 Å². The molecule has 3 heterocycles. The van der Waals surface area contributed by atoms with Gasteiger partial charge in [0.1, 0.15) is 11.6 Å². The molecule has 0 fully saturated rings. The first-order valence-electron chi connectivity index (χ1n) is 19.8. The lowest BCUT2D eigenvalue weighted by atomic mass is 9.94.